The highest BCUT2D eigenvalue weighted by atomic mass is 32.2. The van der Waals surface area contributed by atoms with E-state index in [1.807, 2.05) is 0 Å². The van der Waals surface area contributed by atoms with Gasteiger partial charge in [-0.25, -0.2) is 8.42 Å². The second-order valence-corrected chi connectivity index (χ2v) is 9.17. The lowest BCUT2D eigenvalue weighted by atomic mass is 10.2. The maximum atomic E-state index is 12.7. The Morgan fingerprint density at radius 2 is 2.04 bits per heavy atom. The minimum absolute atomic E-state index is 0.0318. The summed E-state index contributed by atoms with van der Waals surface area (Å²) in [6.07, 6.45) is -4.26. The third kappa shape index (κ3) is 4.02. The molecule has 7 nitrogen and oxygen atoms in total. The summed E-state index contributed by atoms with van der Waals surface area (Å²) in [5.74, 6) is -1.55. The number of halogens is 3. The van der Waals surface area contributed by atoms with Crippen LogP contribution in [0, 0.1) is 0 Å². The molecule has 24 heavy (non-hydrogen) atoms. The molecule has 0 bridgehead atoms. The van der Waals surface area contributed by atoms with Gasteiger partial charge in [-0.3, -0.25) is 4.79 Å². The molecule has 1 aromatic heterocycles. The predicted molar refractivity (Wildman–Crippen MR) is 81.2 cm³/mol. The standard InChI is InChI=1S/C12H17F3N4O3S2/c1-7(9(20)18(2)8-4-5-24(21,22)6-8)23-11-17-16-10(19(11)3)12(13,14)15/h7-8H,4-6H2,1-3H3/t7-,8+/m1/s1. The minimum Gasteiger partial charge on any atom is -0.341 e. The van der Waals surface area contributed by atoms with Crippen molar-refractivity contribution in [2.75, 3.05) is 18.6 Å². The largest absolute Gasteiger partial charge is 0.451 e. The molecule has 0 saturated carbocycles. The van der Waals surface area contributed by atoms with Crippen molar-refractivity contribution in [1.82, 2.24) is 19.7 Å². The first kappa shape index (κ1) is 19.0. The first-order valence-corrected chi connectivity index (χ1v) is 9.73. The number of carbonyl (C=O) groups excluding carboxylic acids is 1. The highest BCUT2D eigenvalue weighted by Gasteiger charge is 2.38. The van der Waals surface area contributed by atoms with E-state index in [1.165, 1.54) is 25.9 Å². The van der Waals surface area contributed by atoms with Gasteiger partial charge in [0.15, 0.2) is 15.0 Å². The molecule has 0 N–H and O–H groups in total. The zero-order valence-corrected chi connectivity index (χ0v) is 14.9. The third-order valence-electron chi connectivity index (χ3n) is 3.82. The first-order chi connectivity index (χ1) is 10.9. The number of amides is 1. The Morgan fingerprint density at radius 3 is 2.50 bits per heavy atom. The molecule has 136 valence electrons. The van der Waals surface area contributed by atoms with Crippen molar-refractivity contribution in [2.45, 2.75) is 36.0 Å². The predicted octanol–water partition coefficient (Wildman–Crippen LogP) is 0.960. The molecule has 1 aromatic rings. The lowest BCUT2D eigenvalue weighted by Gasteiger charge is -2.26. The monoisotopic (exact) mass is 386 g/mol. The van der Waals surface area contributed by atoms with Crippen LogP contribution in [0.4, 0.5) is 13.2 Å². The van der Waals surface area contributed by atoms with Crippen molar-refractivity contribution in [3.63, 3.8) is 0 Å². The van der Waals surface area contributed by atoms with Crippen LogP contribution in [0.1, 0.15) is 19.2 Å². The molecule has 1 fully saturated rings. The maximum absolute atomic E-state index is 12.7. The van der Waals surface area contributed by atoms with Crippen LogP contribution in [0.5, 0.6) is 0 Å². The van der Waals surface area contributed by atoms with Crippen LogP contribution in [-0.4, -0.2) is 63.8 Å². The maximum Gasteiger partial charge on any atom is 0.451 e. The molecule has 1 amide bonds. The van der Waals surface area contributed by atoms with Crippen LogP contribution < -0.4 is 0 Å². The molecule has 1 saturated heterocycles. The summed E-state index contributed by atoms with van der Waals surface area (Å²) < 4.78 is 61.9. The van der Waals surface area contributed by atoms with Crippen LogP contribution in [0.3, 0.4) is 0 Å². The van der Waals surface area contributed by atoms with Crippen molar-refractivity contribution in [1.29, 1.82) is 0 Å². The van der Waals surface area contributed by atoms with Gasteiger partial charge in [-0.1, -0.05) is 11.8 Å². The van der Waals surface area contributed by atoms with E-state index in [1.54, 1.807) is 0 Å². The number of aromatic nitrogens is 3. The van der Waals surface area contributed by atoms with E-state index in [2.05, 4.69) is 10.2 Å². The van der Waals surface area contributed by atoms with Crippen LogP contribution in [0.2, 0.25) is 0 Å². The van der Waals surface area contributed by atoms with Gasteiger partial charge in [0.1, 0.15) is 0 Å². The number of hydrogen-bond donors (Lipinski definition) is 0. The summed E-state index contributed by atoms with van der Waals surface area (Å²) in [6, 6.07) is -0.407. The van der Waals surface area contributed by atoms with E-state index < -0.39 is 33.1 Å². The Morgan fingerprint density at radius 1 is 1.42 bits per heavy atom. The Labute approximate surface area is 141 Å². The second-order valence-electron chi connectivity index (χ2n) is 5.63. The average molecular weight is 386 g/mol. The van der Waals surface area contributed by atoms with Gasteiger partial charge in [0.25, 0.3) is 0 Å². The van der Waals surface area contributed by atoms with E-state index in [0.29, 0.717) is 6.42 Å². The summed E-state index contributed by atoms with van der Waals surface area (Å²) >= 11 is 0.851. The SMILES string of the molecule is C[C@@H](Sc1nnc(C(F)(F)F)n1C)C(=O)N(C)[C@H]1CCS(=O)(=O)C1. The summed E-state index contributed by atoms with van der Waals surface area (Å²) in [5, 5.41) is 5.83. The molecule has 2 heterocycles. The Bertz CT molecular complexity index is 732. The van der Waals surface area contributed by atoms with Crippen LogP contribution in [-0.2, 0) is 27.9 Å². The second kappa shape index (κ2) is 6.54. The number of carbonyl (C=O) groups is 1. The lowest BCUT2D eigenvalue weighted by molar-refractivity contribution is -0.147. The Kier molecular flexibility index (Phi) is 5.19. The van der Waals surface area contributed by atoms with Gasteiger partial charge in [0.05, 0.1) is 16.8 Å². The molecule has 1 aliphatic rings. The normalized spacial score (nSPS) is 21.7. The Hall–Kier alpha value is -1.30. The van der Waals surface area contributed by atoms with Gasteiger partial charge in [-0.15, -0.1) is 10.2 Å². The molecular formula is C12H17F3N4O3S2. The van der Waals surface area contributed by atoms with Crippen LogP contribution >= 0.6 is 11.8 Å². The van der Waals surface area contributed by atoms with E-state index >= 15 is 0 Å². The van der Waals surface area contributed by atoms with E-state index in [9.17, 15) is 26.4 Å². The zero-order valence-electron chi connectivity index (χ0n) is 13.2. The minimum atomic E-state index is -4.62. The summed E-state index contributed by atoms with van der Waals surface area (Å²) in [6.45, 7) is 1.54. The van der Waals surface area contributed by atoms with E-state index in [4.69, 9.17) is 0 Å². The molecular weight excluding hydrogens is 369 g/mol. The molecule has 12 heteroatoms. The van der Waals surface area contributed by atoms with Gasteiger partial charge in [-0.2, -0.15) is 13.2 Å². The molecule has 0 aromatic carbocycles. The number of sulfone groups is 1. The molecule has 0 spiro atoms. The van der Waals surface area contributed by atoms with Crippen molar-refractivity contribution in [3.8, 4) is 0 Å². The van der Waals surface area contributed by atoms with Gasteiger partial charge in [-0.05, 0) is 13.3 Å². The topological polar surface area (TPSA) is 85.2 Å². The average Bonchev–Trinajstić information content (AvgIpc) is 3.00. The lowest BCUT2D eigenvalue weighted by Crippen LogP contribution is -2.41. The van der Waals surface area contributed by atoms with Gasteiger partial charge >= 0.3 is 6.18 Å². The highest BCUT2D eigenvalue weighted by Crippen LogP contribution is 2.31. The molecule has 1 aliphatic heterocycles. The third-order valence-corrected chi connectivity index (χ3v) is 6.69. The summed E-state index contributed by atoms with van der Waals surface area (Å²) in [7, 11) is -0.452. The molecule has 2 rings (SSSR count). The van der Waals surface area contributed by atoms with Crippen molar-refractivity contribution >= 4 is 27.5 Å². The fourth-order valence-corrected chi connectivity index (χ4v) is 5.11. The molecule has 0 unspecified atom stereocenters. The summed E-state index contributed by atoms with van der Waals surface area (Å²) in [5.41, 5.74) is 0. The van der Waals surface area contributed by atoms with Gasteiger partial charge in [0.2, 0.25) is 11.7 Å². The Balaban J connectivity index is 2.06. The van der Waals surface area contributed by atoms with Crippen molar-refractivity contribution in [2.24, 2.45) is 7.05 Å². The van der Waals surface area contributed by atoms with Gasteiger partial charge in [0, 0.05) is 20.1 Å². The fourth-order valence-electron chi connectivity index (χ4n) is 2.42. The zero-order chi connectivity index (χ0) is 18.3. The fraction of sp³-hybridized carbons (Fsp3) is 0.750. The number of nitrogens with zero attached hydrogens (tertiary/aromatic N) is 4. The van der Waals surface area contributed by atoms with Gasteiger partial charge < -0.3 is 9.47 Å². The quantitative estimate of drug-likeness (QED) is 0.717. The number of alkyl halides is 3. The first-order valence-electron chi connectivity index (χ1n) is 7.02. The number of thioether (sulfide) groups is 1. The molecule has 0 radical (unpaired) electrons. The smallest absolute Gasteiger partial charge is 0.341 e. The highest BCUT2D eigenvalue weighted by molar-refractivity contribution is 8.00. The molecule has 0 aliphatic carbocycles. The van der Waals surface area contributed by atoms with Crippen molar-refractivity contribution < 1.29 is 26.4 Å². The summed E-state index contributed by atoms with van der Waals surface area (Å²) in [4.78, 5) is 13.7. The number of rotatable bonds is 4. The van der Waals surface area contributed by atoms with Crippen LogP contribution in [0.25, 0.3) is 0 Å². The van der Waals surface area contributed by atoms with E-state index in [-0.39, 0.29) is 22.6 Å². The number of hydrogen-bond acceptors (Lipinski definition) is 6. The van der Waals surface area contributed by atoms with Crippen LogP contribution in [0.15, 0.2) is 5.16 Å². The van der Waals surface area contributed by atoms with E-state index in [0.717, 1.165) is 16.3 Å². The van der Waals surface area contributed by atoms with Crippen molar-refractivity contribution in [3.05, 3.63) is 5.82 Å². The molecule has 2 atom stereocenters.